The molecule has 0 radical (unpaired) electrons. The number of aliphatic carboxylic acids is 1. The normalized spacial score (nSPS) is 12.8. The molecule has 5 aromatic carbocycles. The van der Waals surface area contributed by atoms with Crippen LogP contribution in [-0.4, -0.2) is 36.1 Å². The molecule has 0 aliphatic carbocycles. The summed E-state index contributed by atoms with van der Waals surface area (Å²) < 4.78 is 6.16. The first-order valence-corrected chi connectivity index (χ1v) is 14.9. The molecule has 220 valence electrons. The zero-order chi connectivity index (χ0) is 30.3. The number of carboxylic acid groups (broad SMARTS) is 1. The van der Waals surface area contributed by atoms with E-state index in [0.29, 0.717) is 30.0 Å². The number of hydrogen-bond donors (Lipinski definition) is 2. The molecule has 0 fully saturated rings. The highest BCUT2D eigenvalue weighted by Crippen LogP contribution is 2.35. The first kappa shape index (κ1) is 28.7. The van der Waals surface area contributed by atoms with Gasteiger partial charge >= 0.3 is 5.97 Å². The molecule has 0 amide bonds. The van der Waals surface area contributed by atoms with Gasteiger partial charge in [0.05, 0.1) is 6.54 Å². The third-order valence-corrected chi connectivity index (χ3v) is 8.01. The molecule has 5 aromatic rings. The van der Waals surface area contributed by atoms with Crippen LogP contribution < -0.4 is 15.0 Å². The number of carbonyl (C=O) groups is 2. The van der Waals surface area contributed by atoms with Crippen LogP contribution in [0.5, 0.6) is 5.75 Å². The fraction of sp³-hybridized carbons (Fsp3) is 0.158. The van der Waals surface area contributed by atoms with Gasteiger partial charge in [-0.15, -0.1) is 0 Å². The lowest BCUT2D eigenvalue weighted by molar-refractivity contribution is -0.137. The summed E-state index contributed by atoms with van der Waals surface area (Å²) in [7, 11) is 0. The van der Waals surface area contributed by atoms with E-state index in [-0.39, 0.29) is 12.2 Å². The van der Waals surface area contributed by atoms with E-state index in [9.17, 15) is 14.7 Å². The Kier molecular flexibility index (Phi) is 8.69. The number of fused-ring (bicyclic) bond motifs is 2. The third kappa shape index (κ3) is 6.50. The average Bonchev–Trinajstić information content (AvgIpc) is 3.22. The minimum Gasteiger partial charge on any atom is -0.492 e. The van der Waals surface area contributed by atoms with E-state index in [1.165, 1.54) is 22.5 Å². The summed E-state index contributed by atoms with van der Waals surface area (Å²) in [6.45, 7) is 1.19. The molecular formula is C38H34N2O4. The standard InChI is InChI=1S/C38H34N2O4/c41-37(30-12-2-1-3-13-30)32-14-6-7-15-33(32)39-34(38(42)43)26-27-18-22-31(23-19-27)44-25-24-40-35-16-8-4-10-28(35)20-21-29-11-5-9-17-36(29)40/h1-19,22-23,34,39H,20-21,24-26H2,(H,42,43). The van der Waals surface area contributed by atoms with Crippen molar-refractivity contribution < 1.29 is 19.4 Å². The molecule has 1 unspecified atom stereocenters. The van der Waals surface area contributed by atoms with Crippen molar-refractivity contribution in [2.45, 2.75) is 25.3 Å². The number of carbonyl (C=O) groups excluding carboxylic acids is 1. The number of anilines is 3. The molecule has 2 N–H and O–H groups in total. The monoisotopic (exact) mass is 582 g/mol. The van der Waals surface area contributed by atoms with E-state index in [4.69, 9.17) is 4.74 Å². The Labute approximate surface area is 257 Å². The summed E-state index contributed by atoms with van der Waals surface area (Å²) in [4.78, 5) is 27.7. The maximum absolute atomic E-state index is 13.1. The number of aryl methyl sites for hydroxylation is 2. The minimum atomic E-state index is -0.995. The van der Waals surface area contributed by atoms with Gasteiger partial charge in [0.25, 0.3) is 0 Å². The Morgan fingerprint density at radius 1 is 0.727 bits per heavy atom. The molecule has 0 saturated heterocycles. The molecule has 0 spiro atoms. The number of benzene rings is 5. The lowest BCUT2D eigenvalue weighted by Gasteiger charge is -2.27. The lowest BCUT2D eigenvalue weighted by Crippen LogP contribution is -2.32. The number of nitrogens with one attached hydrogen (secondary N) is 1. The van der Waals surface area contributed by atoms with Crippen molar-refractivity contribution in [2.24, 2.45) is 0 Å². The second-order valence-corrected chi connectivity index (χ2v) is 10.9. The van der Waals surface area contributed by atoms with Gasteiger partial charge in [0.15, 0.2) is 5.78 Å². The molecule has 6 heteroatoms. The van der Waals surface area contributed by atoms with Crippen molar-refractivity contribution in [1.29, 1.82) is 0 Å². The molecule has 1 aliphatic heterocycles. The molecule has 1 atom stereocenters. The van der Waals surface area contributed by atoms with Gasteiger partial charge in [0.2, 0.25) is 0 Å². The van der Waals surface area contributed by atoms with Crippen molar-refractivity contribution >= 4 is 28.8 Å². The van der Waals surface area contributed by atoms with Gasteiger partial charge in [-0.1, -0.05) is 91.0 Å². The van der Waals surface area contributed by atoms with Gasteiger partial charge in [-0.3, -0.25) is 4.79 Å². The molecule has 0 saturated carbocycles. The second-order valence-electron chi connectivity index (χ2n) is 10.9. The minimum absolute atomic E-state index is 0.161. The zero-order valence-electron chi connectivity index (χ0n) is 24.4. The molecular weight excluding hydrogens is 548 g/mol. The largest absolute Gasteiger partial charge is 0.492 e. The number of ketones is 1. The smallest absolute Gasteiger partial charge is 0.326 e. The quantitative estimate of drug-likeness (QED) is 0.159. The first-order chi connectivity index (χ1) is 21.6. The fourth-order valence-electron chi connectivity index (χ4n) is 5.76. The van der Waals surface area contributed by atoms with Crippen molar-refractivity contribution in [3.8, 4) is 5.75 Å². The zero-order valence-corrected chi connectivity index (χ0v) is 24.4. The van der Waals surface area contributed by atoms with Crippen LogP contribution in [0.4, 0.5) is 17.1 Å². The molecule has 0 aromatic heterocycles. The van der Waals surface area contributed by atoms with Crippen LogP contribution in [0.3, 0.4) is 0 Å². The molecule has 1 heterocycles. The van der Waals surface area contributed by atoms with Crippen molar-refractivity contribution in [2.75, 3.05) is 23.4 Å². The van der Waals surface area contributed by atoms with Gasteiger partial charge in [-0.05, 0) is 65.9 Å². The molecule has 0 bridgehead atoms. The molecule has 1 aliphatic rings. The highest BCUT2D eigenvalue weighted by Gasteiger charge is 2.22. The maximum Gasteiger partial charge on any atom is 0.326 e. The number of ether oxygens (including phenoxy) is 1. The summed E-state index contributed by atoms with van der Waals surface area (Å²) in [5, 5.41) is 13.1. The number of rotatable bonds is 11. The van der Waals surface area contributed by atoms with Crippen molar-refractivity contribution in [3.63, 3.8) is 0 Å². The van der Waals surface area contributed by atoms with E-state index >= 15 is 0 Å². The van der Waals surface area contributed by atoms with Crippen LogP contribution in [0.1, 0.15) is 32.6 Å². The maximum atomic E-state index is 13.1. The molecule has 44 heavy (non-hydrogen) atoms. The first-order valence-electron chi connectivity index (χ1n) is 14.9. The number of nitrogens with zero attached hydrogens (tertiary/aromatic N) is 1. The predicted molar refractivity (Wildman–Crippen MR) is 174 cm³/mol. The number of hydrogen-bond acceptors (Lipinski definition) is 5. The van der Waals surface area contributed by atoms with Crippen molar-refractivity contribution in [3.05, 3.63) is 155 Å². The summed E-state index contributed by atoms with van der Waals surface area (Å²) in [5.41, 5.74) is 7.43. The Morgan fingerprint density at radius 3 is 1.98 bits per heavy atom. The fourth-order valence-corrected chi connectivity index (χ4v) is 5.76. The van der Waals surface area contributed by atoms with Crippen LogP contribution in [0, 0.1) is 0 Å². The van der Waals surface area contributed by atoms with Crippen LogP contribution in [0.15, 0.2) is 127 Å². The van der Waals surface area contributed by atoms with E-state index in [2.05, 4.69) is 58.7 Å². The van der Waals surface area contributed by atoms with Crippen LogP contribution in [0.25, 0.3) is 0 Å². The predicted octanol–water partition coefficient (Wildman–Crippen LogP) is 7.34. The molecule has 6 nitrogen and oxygen atoms in total. The lowest BCUT2D eigenvalue weighted by atomic mass is 10.00. The summed E-state index contributed by atoms with van der Waals surface area (Å²) in [6.07, 6.45) is 2.26. The summed E-state index contributed by atoms with van der Waals surface area (Å²) in [5.74, 6) is -0.430. The Morgan fingerprint density at radius 2 is 1.32 bits per heavy atom. The summed E-state index contributed by atoms with van der Waals surface area (Å²) >= 11 is 0. The Hall–Kier alpha value is -5.36. The van der Waals surface area contributed by atoms with E-state index in [0.717, 1.165) is 24.2 Å². The van der Waals surface area contributed by atoms with Gasteiger partial charge in [0.1, 0.15) is 18.4 Å². The van der Waals surface area contributed by atoms with E-state index in [1.807, 2.05) is 42.5 Å². The summed E-state index contributed by atoms with van der Waals surface area (Å²) in [6, 6.07) is 39.7. The van der Waals surface area contributed by atoms with Gasteiger partial charge in [-0.25, -0.2) is 4.79 Å². The van der Waals surface area contributed by atoms with Gasteiger partial charge < -0.3 is 20.1 Å². The molecule has 6 rings (SSSR count). The SMILES string of the molecule is O=C(c1ccccc1)c1ccccc1NC(Cc1ccc(OCCN2c3ccccc3CCc3ccccc32)cc1)C(=O)O. The van der Waals surface area contributed by atoms with Crippen molar-refractivity contribution in [1.82, 2.24) is 0 Å². The third-order valence-electron chi connectivity index (χ3n) is 8.01. The number of para-hydroxylation sites is 3. The van der Waals surface area contributed by atoms with Crippen LogP contribution in [0.2, 0.25) is 0 Å². The van der Waals surface area contributed by atoms with Crippen LogP contribution in [-0.2, 0) is 24.1 Å². The van der Waals surface area contributed by atoms with Crippen LogP contribution >= 0.6 is 0 Å². The van der Waals surface area contributed by atoms with Gasteiger partial charge in [0, 0.05) is 34.6 Å². The highest BCUT2D eigenvalue weighted by molar-refractivity contribution is 6.12. The Bertz CT molecular complexity index is 1700. The highest BCUT2D eigenvalue weighted by atomic mass is 16.5. The second kappa shape index (κ2) is 13.3. The van der Waals surface area contributed by atoms with E-state index < -0.39 is 12.0 Å². The van der Waals surface area contributed by atoms with E-state index in [1.54, 1.807) is 36.4 Å². The number of carboxylic acids is 1. The topological polar surface area (TPSA) is 78.9 Å². The Balaban J connectivity index is 1.11. The van der Waals surface area contributed by atoms with Gasteiger partial charge in [-0.2, -0.15) is 0 Å². The average molecular weight is 583 g/mol.